The number of ketones is 1. The third-order valence-corrected chi connectivity index (χ3v) is 5.84. The molecule has 0 spiro atoms. The maximum atomic E-state index is 13.2. The van der Waals surface area contributed by atoms with Gasteiger partial charge < -0.3 is 29.1 Å². The predicted octanol–water partition coefficient (Wildman–Crippen LogP) is 3.23. The number of carbonyl (C=O) groups is 2. The molecule has 0 radical (unpaired) electrons. The van der Waals surface area contributed by atoms with Gasteiger partial charge >= 0.3 is 0 Å². The van der Waals surface area contributed by atoms with Crippen molar-refractivity contribution in [2.75, 3.05) is 47.0 Å². The summed E-state index contributed by atoms with van der Waals surface area (Å²) in [5, 5.41) is 11.3. The minimum Gasteiger partial charge on any atom is -0.507 e. The van der Waals surface area contributed by atoms with Gasteiger partial charge in [-0.25, -0.2) is 0 Å². The molecule has 4 rings (SSSR count). The van der Waals surface area contributed by atoms with Crippen LogP contribution in [0, 0.1) is 0 Å². The molecule has 0 saturated carbocycles. The van der Waals surface area contributed by atoms with E-state index in [1.54, 1.807) is 23.1 Å². The summed E-state index contributed by atoms with van der Waals surface area (Å²) < 4.78 is 16.8. The Morgan fingerprint density at radius 3 is 2.62 bits per heavy atom. The van der Waals surface area contributed by atoms with E-state index in [9.17, 15) is 14.7 Å². The van der Waals surface area contributed by atoms with Crippen molar-refractivity contribution in [3.05, 3.63) is 59.2 Å². The summed E-state index contributed by atoms with van der Waals surface area (Å²) in [5.41, 5.74) is 1.15. The molecule has 1 fully saturated rings. The zero-order valence-corrected chi connectivity index (χ0v) is 19.7. The molecule has 0 unspecified atom stereocenters. The van der Waals surface area contributed by atoms with Gasteiger partial charge in [0.1, 0.15) is 24.7 Å². The number of aliphatic hydroxyl groups is 1. The van der Waals surface area contributed by atoms with Crippen molar-refractivity contribution < 1.29 is 28.9 Å². The molecule has 1 saturated heterocycles. The molecular weight excluding hydrogens is 436 g/mol. The molecule has 1 atom stereocenters. The zero-order chi connectivity index (χ0) is 24.2. The van der Waals surface area contributed by atoms with Crippen LogP contribution in [-0.2, 0) is 9.59 Å². The monoisotopic (exact) mass is 466 g/mol. The van der Waals surface area contributed by atoms with Crippen LogP contribution in [0.5, 0.6) is 17.2 Å². The lowest BCUT2D eigenvalue weighted by Crippen LogP contribution is -2.32. The van der Waals surface area contributed by atoms with Gasteiger partial charge in [-0.2, -0.15) is 0 Å². The van der Waals surface area contributed by atoms with E-state index in [0.717, 1.165) is 6.54 Å². The number of hydrogen-bond acceptors (Lipinski definition) is 7. The SMILES string of the molecule is CCOc1cccc([C@H]2/C(=C(\O)c3ccc4c(c3)OCCO4)C(=O)C(=O)N2CCCN(C)C)c1. The van der Waals surface area contributed by atoms with Gasteiger partial charge in [-0.05, 0) is 69.9 Å². The molecule has 8 nitrogen and oxygen atoms in total. The first-order valence-corrected chi connectivity index (χ1v) is 11.5. The highest BCUT2D eigenvalue weighted by Crippen LogP contribution is 2.41. The fourth-order valence-electron chi connectivity index (χ4n) is 4.30. The normalized spacial score (nSPS) is 19.1. The first-order chi connectivity index (χ1) is 16.4. The van der Waals surface area contributed by atoms with Gasteiger partial charge in [0, 0.05) is 12.1 Å². The zero-order valence-electron chi connectivity index (χ0n) is 19.7. The largest absolute Gasteiger partial charge is 0.507 e. The Hall–Kier alpha value is -3.52. The molecule has 1 amide bonds. The van der Waals surface area contributed by atoms with Crippen molar-refractivity contribution in [2.24, 2.45) is 0 Å². The van der Waals surface area contributed by atoms with Crippen LogP contribution in [0.3, 0.4) is 0 Å². The molecule has 2 aliphatic heterocycles. The summed E-state index contributed by atoms with van der Waals surface area (Å²) >= 11 is 0. The smallest absolute Gasteiger partial charge is 0.295 e. The Labute approximate surface area is 199 Å². The average molecular weight is 467 g/mol. The van der Waals surface area contributed by atoms with Gasteiger partial charge in [0.2, 0.25) is 0 Å². The van der Waals surface area contributed by atoms with E-state index >= 15 is 0 Å². The van der Waals surface area contributed by atoms with E-state index in [4.69, 9.17) is 14.2 Å². The second kappa shape index (κ2) is 10.2. The third kappa shape index (κ3) is 4.72. The van der Waals surface area contributed by atoms with Crippen LogP contribution in [0.1, 0.15) is 30.5 Å². The summed E-state index contributed by atoms with van der Waals surface area (Å²) in [6.45, 7) is 4.37. The van der Waals surface area contributed by atoms with Crippen LogP contribution in [0.25, 0.3) is 5.76 Å². The summed E-state index contributed by atoms with van der Waals surface area (Å²) in [6.07, 6.45) is 0.686. The summed E-state index contributed by atoms with van der Waals surface area (Å²) in [5.74, 6) is 0.141. The molecule has 1 N–H and O–H groups in total. The maximum absolute atomic E-state index is 13.2. The van der Waals surface area contributed by atoms with E-state index in [1.165, 1.54) is 0 Å². The van der Waals surface area contributed by atoms with Gasteiger partial charge in [0.15, 0.2) is 11.5 Å². The molecule has 0 bridgehead atoms. The Kier molecular flexibility index (Phi) is 7.07. The second-order valence-electron chi connectivity index (χ2n) is 8.51. The number of amides is 1. The fourth-order valence-corrected chi connectivity index (χ4v) is 4.30. The van der Waals surface area contributed by atoms with E-state index < -0.39 is 17.7 Å². The minimum atomic E-state index is -0.726. The van der Waals surface area contributed by atoms with Gasteiger partial charge in [0.05, 0.1) is 18.2 Å². The summed E-state index contributed by atoms with van der Waals surface area (Å²) in [4.78, 5) is 29.9. The predicted molar refractivity (Wildman–Crippen MR) is 127 cm³/mol. The second-order valence-corrected chi connectivity index (χ2v) is 8.51. The lowest BCUT2D eigenvalue weighted by molar-refractivity contribution is -0.139. The van der Waals surface area contributed by atoms with E-state index in [1.807, 2.05) is 50.2 Å². The molecule has 0 aliphatic carbocycles. The van der Waals surface area contributed by atoms with Gasteiger partial charge in [0.25, 0.3) is 11.7 Å². The fraction of sp³-hybridized carbons (Fsp3) is 0.385. The number of benzene rings is 2. The third-order valence-electron chi connectivity index (χ3n) is 5.84. The van der Waals surface area contributed by atoms with E-state index in [-0.39, 0.29) is 11.3 Å². The Balaban J connectivity index is 1.79. The molecule has 2 aliphatic rings. The highest BCUT2D eigenvalue weighted by Gasteiger charge is 2.46. The van der Waals surface area contributed by atoms with Crippen LogP contribution in [0.2, 0.25) is 0 Å². The van der Waals surface area contributed by atoms with Crippen LogP contribution in [0.4, 0.5) is 0 Å². The number of fused-ring (bicyclic) bond motifs is 1. The lowest BCUT2D eigenvalue weighted by Gasteiger charge is -2.26. The quantitative estimate of drug-likeness (QED) is 0.363. The van der Waals surface area contributed by atoms with Crippen LogP contribution < -0.4 is 14.2 Å². The lowest BCUT2D eigenvalue weighted by atomic mass is 9.95. The van der Waals surface area contributed by atoms with Crippen LogP contribution in [0.15, 0.2) is 48.0 Å². The highest BCUT2D eigenvalue weighted by atomic mass is 16.6. The van der Waals surface area contributed by atoms with Crippen molar-refractivity contribution in [3.8, 4) is 17.2 Å². The molecule has 2 aromatic carbocycles. The number of rotatable bonds is 8. The first kappa shape index (κ1) is 23.6. The molecular formula is C26H30N2O6. The number of nitrogens with zero attached hydrogens (tertiary/aromatic N) is 2. The molecule has 2 aromatic rings. The van der Waals surface area contributed by atoms with Crippen LogP contribution >= 0.6 is 0 Å². The highest BCUT2D eigenvalue weighted by molar-refractivity contribution is 6.46. The molecule has 8 heteroatoms. The summed E-state index contributed by atoms with van der Waals surface area (Å²) in [6, 6.07) is 11.6. The van der Waals surface area contributed by atoms with Crippen molar-refractivity contribution in [1.82, 2.24) is 9.80 Å². The topological polar surface area (TPSA) is 88.5 Å². The average Bonchev–Trinajstić information content (AvgIpc) is 3.08. The number of Topliss-reactive ketones (excluding diaryl/α,β-unsaturated/α-hetero) is 1. The minimum absolute atomic E-state index is 0.0557. The first-order valence-electron chi connectivity index (χ1n) is 11.5. The van der Waals surface area contributed by atoms with Crippen LogP contribution in [-0.4, -0.2) is 73.6 Å². The van der Waals surface area contributed by atoms with Crippen molar-refractivity contribution in [3.63, 3.8) is 0 Å². The maximum Gasteiger partial charge on any atom is 0.295 e. The number of hydrogen-bond donors (Lipinski definition) is 1. The molecule has 180 valence electrons. The molecule has 2 heterocycles. The standard InChI is InChI=1S/C26H30N2O6/c1-4-32-19-8-5-7-17(15-19)23-22(25(30)26(31)28(23)12-6-11-27(2)3)24(29)18-9-10-20-21(16-18)34-14-13-33-20/h5,7-10,15-16,23,29H,4,6,11-14H2,1-3H3/b24-22+/t23-/m0/s1. The Bertz CT molecular complexity index is 1110. The van der Waals surface area contributed by atoms with Crippen molar-refractivity contribution in [2.45, 2.75) is 19.4 Å². The van der Waals surface area contributed by atoms with Gasteiger partial charge in [-0.1, -0.05) is 12.1 Å². The van der Waals surface area contributed by atoms with Gasteiger partial charge in [-0.3, -0.25) is 9.59 Å². The Morgan fingerprint density at radius 2 is 1.88 bits per heavy atom. The number of carbonyl (C=O) groups excluding carboxylic acids is 2. The Morgan fingerprint density at radius 1 is 1.12 bits per heavy atom. The van der Waals surface area contributed by atoms with E-state index in [2.05, 4.69) is 0 Å². The number of likely N-dealkylation sites (tertiary alicyclic amines) is 1. The number of aliphatic hydroxyl groups excluding tert-OH is 1. The van der Waals surface area contributed by atoms with Gasteiger partial charge in [-0.15, -0.1) is 0 Å². The van der Waals surface area contributed by atoms with Crippen molar-refractivity contribution in [1.29, 1.82) is 0 Å². The van der Waals surface area contributed by atoms with E-state index in [0.29, 0.717) is 61.2 Å². The number of ether oxygens (including phenoxy) is 3. The summed E-state index contributed by atoms with van der Waals surface area (Å²) in [7, 11) is 3.91. The van der Waals surface area contributed by atoms with Crippen molar-refractivity contribution >= 4 is 17.4 Å². The molecule has 0 aromatic heterocycles. The molecule has 34 heavy (non-hydrogen) atoms.